The largest absolute Gasteiger partial charge is 0.493 e. The predicted molar refractivity (Wildman–Crippen MR) is 106 cm³/mol. The SMILES string of the molecule is CCC1=C(C(=O)OC(C)C)C(c2ccc(OCC(C)C)c(OC)c2)NC(=O)N1. The normalized spacial score (nSPS) is 16.7. The van der Waals surface area contributed by atoms with Crippen molar-refractivity contribution in [2.45, 2.75) is 53.2 Å². The second-order valence-electron chi connectivity index (χ2n) is 7.35. The van der Waals surface area contributed by atoms with Crippen molar-refractivity contribution < 1.29 is 23.8 Å². The lowest BCUT2D eigenvalue weighted by atomic mass is 9.94. The Kier molecular flexibility index (Phi) is 7.31. The van der Waals surface area contributed by atoms with Gasteiger partial charge in [-0.25, -0.2) is 9.59 Å². The average molecular weight is 390 g/mol. The summed E-state index contributed by atoms with van der Waals surface area (Å²) in [5.41, 5.74) is 1.66. The van der Waals surface area contributed by atoms with E-state index < -0.39 is 12.0 Å². The molecule has 0 fully saturated rings. The van der Waals surface area contributed by atoms with Crippen LogP contribution in [0.1, 0.15) is 52.6 Å². The Bertz CT molecular complexity index is 755. The first-order valence-electron chi connectivity index (χ1n) is 9.59. The van der Waals surface area contributed by atoms with Gasteiger partial charge < -0.3 is 24.8 Å². The van der Waals surface area contributed by atoms with Crippen LogP contribution in [0.5, 0.6) is 11.5 Å². The highest BCUT2D eigenvalue weighted by molar-refractivity contribution is 5.95. The molecule has 0 saturated carbocycles. The first kappa shape index (κ1) is 21.6. The van der Waals surface area contributed by atoms with Gasteiger partial charge in [-0.05, 0) is 43.9 Å². The molecule has 0 saturated heterocycles. The zero-order valence-corrected chi connectivity index (χ0v) is 17.4. The fraction of sp³-hybridized carbons (Fsp3) is 0.524. The minimum Gasteiger partial charge on any atom is -0.493 e. The van der Waals surface area contributed by atoms with Crippen molar-refractivity contribution in [2.24, 2.45) is 5.92 Å². The molecule has 7 heteroatoms. The number of nitrogens with one attached hydrogen (secondary N) is 2. The van der Waals surface area contributed by atoms with Crippen LogP contribution in [0.4, 0.5) is 4.79 Å². The Balaban J connectivity index is 2.44. The molecule has 154 valence electrons. The van der Waals surface area contributed by atoms with E-state index in [4.69, 9.17) is 14.2 Å². The molecule has 2 N–H and O–H groups in total. The highest BCUT2D eigenvalue weighted by Gasteiger charge is 2.34. The van der Waals surface area contributed by atoms with Crippen molar-refractivity contribution in [3.63, 3.8) is 0 Å². The Labute approximate surface area is 166 Å². The third-order valence-electron chi connectivity index (χ3n) is 4.16. The van der Waals surface area contributed by atoms with Gasteiger partial charge in [0.1, 0.15) is 0 Å². The molecule has 1 heterocycles. The summed E-state index contributed by atoms with van der Waals surface area (Å²) in [6, 6.07) is 4.40. The van der Waals surface area contributed by atoms with Crippen LogP contribution in [0.2, 0.25) is 0 Å². The van der Waals surface area contributed by atoms with Gasteiger partial charge >= 0.3 is 12.0 Å². The molecule has 0 spiro atoms. The van der Waals surface area contributed by atoms with Gasteiger partial charge in [-0.1, -0.05) is 26.8 Å². The van der Waals surface area contributed by atoms with E-state index in [-0.39, 0.29) is 12.1 Å². The maximum atomic E-state index is 12.7. The van der Waals surface area contributed by atoms with Crippen molar-refractivity contribution in [3.05, 3.63) is 35.0 Å². The number of hydrogen-bond acceptors (Lipinski definition) is 5. The number of carbonyl (C=O) groups is 2. The molecule has 1 aliphatic rings. The fourth-order valence-corrected chi connectivity index (χ4v) is 2.90. The van der Waals surface area contributed by atoms with Gasteiger partial charge in [-0.2, -0.15) is 0 Å². The summed E-state index contributed by atoms with van der Waals surface area (Å²) in [6.45, 7) is 10.1. The molecule has 1 aliphatic heterocycles. The second kappa shape index (κ2) is 9.48. The molecule has 0 radical (unpaired) electrons. The molecule has 7 nitrogen and oxygen atoms in total. The smallest absolute Gasteiger partial charge is 0.338 e. The van der Waals surface area contributed by atoms with E-state index in [2.05, 4.69) is 24.5 Å². The van der Waals surface area contributed by atoms with Gasteiger partial charge in [0.25, 0.3) is 0 Å². The van der Waals surface area contributed by atoms with E-state index in [1.807, 2.05) is 13.0 Å². The van der Waals surface area contributed by atoms with Crippen LogP contribution in [0.15, 0.2) is 29.5 Å². The zero-order valence-electron chi connectivity index (χ0n) is 17.4. The lowest BCUT2D eigenvalue weighted by molar-refractivity contribution is -0.143. The molecule has 0 aliphatic carbocycles. The molecule has 1 aromatic rings. The van der Waals surface area contributed by atoms with Crippen molar-refractivity contribution in [1.82, 2.24) is 10.6 Å². The van der Waals surface area contributed by atoms with E-state index >= 15 is 0 Å². The predicted octanol–water partition coefficient (Wildman–Crippen LogP) is 3.70. The first-order chi connectivity index (χ1) is 13.3. The third-order valence-corrected chi connectivity index (χ3v) is 4.16. The number of benzene rings is 1. The molecule has 2 amide bonds. The summed E-state index contributed by atoms with van der Waals surface area (Å²) >= 11 is 0. The lowest BCUT2D eigenvalue weighted by Crippen LogP contribution is -2.46. The van der Waals surface area contributed by atoms with E-state index in [0.717, 1.165) is 0 Å². The molecule has 1 aromatic carbocycles. The standard InChI is InChI=1S/C21H30N2O5/c1-7-15-18(20(24)28-13(4)5)19(23-21(25)22-15)14-8-9-16(17(10-14)26-6)27-11-12(2)3/h8-10,12-13,19H,7,11H2,1-6H3,(H2,22,23,25). The Morgan fingerprint density at radius 3 is 2.46 bits per heavy atom. The number of urea groups is 1. The number of ether oxygens (including phenoxy) is 3. The second-order valence-corrected chi connectivity index (χ2v) is 7.35. The molecular formula is C21H30N2O5. The average Bonchev–Trinajstić information content (AvgIpc) is 2.64. The number of amides is 2. The summed E-state index contributed by atoms with van der Waals surface area (Å²) in [4.78, 5) is 24.9. The van der Waals surface area contributed by atoms with Crippen molar-refractivity contribution in [2.75, 3.05) is 13.7 Å². The Hall–Kier alpha value is -2.70. The van der Waals surface area contributed by atoms with E-state index in [1.54, 1.807) is 33.1 Å². The number of esters is 1. The van der Waals surface area contributed by atoms with Crippen molar-refractivity contribution in [1.29, 1.82) is 0 Å². The van der Waals surface area contributed by atoms with Gasteiger partial charge in [0.05, 0.1) is 31.4 Å². The summed E-state index contributed by atoms with van der Waals surface area (Å²) in [6.07, 6.45) is 0.233. The number of methoxy groups -OCH3 is 1. The van der Waals surface area contributed by atoms with Crippen molar-refractivity contribution >= 4 is 12.0 Å². The maximum absolute atomic E-state index is 12.7. The van der Waals surface area contributed by atoms with Crippen LogP contribution in [-0.2, 0) is 9.53 Å². The molecule has 2 rings (SSSR count). The van der Waals surface area contributed by atoms with Crippen LogP contribution in [0.25, 0.3) is 0 Å². The Morgan fingerprint density at radius 1 is 1.18 bits per heavy atom. The van der Waals surface area contributed by atoms with Crippen LogP contribution >= 0.6 is 0 Å². The van der Waals surface area contributed by atoms with E-state index in [9.17, 15) is 9.59 Å². The van der Waals surface area contributed by atoms with E-state index in [0.29, 0.717) is 47.3 Å². The Morgan fingerprint density at radius 2 is 1.89 bits per heavy atom. The quantitative estimate of drug-likeness (QED) is 0.661. The number of carbonyl (C=O) groups excluding carboxylic acids is 2. The lowest BCUT2D eigenvalue weighted by Gasteiger charge is -2.30. The van der Waals surface area contributed by atoms with Gasteiger partial charge in [0.15, 0.2) is 11.5 Å². The first-order valence-corrected chi connectivity index (χ1v) is 9.59. The van der Waals surface area contributed by atoms with Gasteiger partial charge in [-0.3, -0.25) is 0 Å². The van der Waals surface area contributed by atoms with Crippen molar-refractivity contribution in [3.8, 4) is 11.5 Å². The van der Waals surface area contributed by atoms with Gasteiger partial charge in [0.2, 0.25) is 0 Å². The number of allylic oxidation sites excluding steroid dienone is 1. The maximum Gasteiger partial charge on any atom is 0.338 e. The molecule has 28 heavy (non-hydrogen) atoms. The van der Waals surface area contributed by atoms with Gasteiger partial charge in [-0.15, -0.1) is 0 Å². The number of hydrogen-bond donors (Lipinski definition) is 2. The van der Waals surface area contributed by atoms with Crippen LogP contribution in [0, 0.1) is 5.92 Å². The number of rotatable bonds is 8. The van der Waals surface area contributed by atoms with E-state index in [1.165, 1.54) is 0 Å². The minimum absolute atomic E-state index is 0.266. The summed E-state index contributed by atoms with van der Waals surface area (Å²) < 4.78 is 16.7. The molecule has 0 aromatic heterocycles. The highest BCUT2D eigenvalue weighted by atomic mass is 16.5. The van der Waals surface area contributed by atoms with Crippen LogP contribution in [-0.4, -0.2) is 31.8 Å². The highest BCUT2D eigenvalue weighted by Crippen LogP contribution is 2.35. The summed E-state index contributed by atoms with van der Waals surface area (Å²) in [7, 11) is 1.56. The fourth-order valence-electron chi connectivity index (χ4n) is 2.90. The monoisotopic (exact) mass is 390 g/mol. The third kappa shape index (κ3) is 5.18. The zero-order chi connectivity index (χ0) is 20.8. The van der Waals surface area contributed by atoms with Crippen LogP contribution in [0.3, 0.4) is 0 Å². The molecule has 0 bridgehead atoms. The summed E-state index contributed by atoms with van der Waals surface area (Å²) in [5, 5.41) is 5.53. The molecule has 1 atom stereocenters. The minimum atomic E-state index is -0.636. The molecular weight excluding hydrogens is 360 g/mol. The topological polar surface area (TPSA) is 85.9 Å². The summed E-state index contributed by atoms with van der Waals surface area (Å²) in [5.74, 6) is 1.08. The molecule has 1 unspecified atom stereocenters. The van der Waals surface area contributed by atoms with Gasteiger partial charge in [0, 0.05) is 5.70 Å². The van der Waals surface area contributed by atoms with Crippen LogP contribution < -0.4 is 20.1 Å².